The lowest BCUT2D eigenvalue weighted by Gasteiger charge is -2.19. The Balaban J connectivity index is 1.55. The number of carbonyl (C=O) groups is 1. The summed E-state index contributed by atoms with van der Waals surface area (Å²) in [6, 6.07) is 5.14. The minimum absolute atomic E-state index is 0.0395. The van der Waals surface area contributed by atoms with Gasteiger partial charge in [-0.1, -0.05) is 12.1 Å². The van der Waals surface area contributed by atoms with Crippen molar-refractivity contribution in [3.8, 4) is 0 Å². The van der Waals surface area contributed by atoms with Crippen LogP contribution in [0.1, 0.15) is 46.6 Å². The van der Waals surface area contributed by atoms with Gasteiger partial charge in [0.15, 0.2) is 0 Å². The van der Waals surface area contributed by atoms with Crippen LogP contribution in [0.3, 0.4) is 0 Å². The summed E-state index contributed by atoms with van der Waals surface area (Å²) in [5.41, 5.74) is 2.16. The predicted octanol–water partition coefficient (Wildman–Crippen LogP) is 3.47. The van der Waals surface area contributed by atoms with Crippen molar-refractivity contribution in [2.24, 2.45) is 7.05 Å². The number of amides is 1. The van der Waals surface area contributed by atoms with E-state index in [9.17, 15) is 22.4 Å². The average Bonchev–Trinajstić information content (AvgIpc) is 3.39. The molecule has 0 aliphatic rings. The smallest absolute Gasteiger partial charge is 0.342 e. The number of rotatable bonds is 6. The van der Waals surface area contributed by atoms with E-state index < -0.39 is 23.9 Å². The number of alkyl halides is 3. The van der Waals surface area contributed by atoms with Crippen LogP contribution in [0.4, 0.5) is 17.6 Å². The van der Waals surface area contributed by atoms with Gasteiger partial charge < -0.3 is 9.88 Å². The lowest BCUT2D eigenvalue weighted by molar-refractivity contribution is -0.144. The van der Waals surface area contributed by atoms with Crippen LogP contribution < -0.4 is 5.32 Å². The number of nitrogens with one attached hydrogen (secondary N) is 1. The Hall–Kier alpha value is -3.83. The summed E-state index contributed by atoms with van der Waals surface area (Å²) in [4.78, 5) is 24.8. The Morgan fingerprint density at radius 1 is 1.15 bits per heavy atom. The molecule has 4 rings (SSSR count). The minimum Gasteiger partial charge on any atom is -0.342 e. The van der Waals surface area contributed by atoms with Crippen LogP contribution in [-0.4, -0.2) is 35.0 Å². The van der Waals surface area contributed by atoms with E-state index in [1.807, 2.05) is 0 Å². The molecule has 1 aromatic carbocycles. The van der Waals surface area contributed by atoms with Gasteiger partial charge >= 0.3 is 6.18 Å². The molecule has 8 nitrogen and oxygen atoms in total. The first-order valence-corrected chi connectivity index (χ1v) is 10.4. The van der Waals surface area contributed by atoms with Gasteiger partial charge in [-0.25, -0.2) is 18.9 Å². The molecule has 3 heterocycles. The molecule has 1 unspecified atom stereocenters. The van der Waals surface area contributed by atoms with Gasteiger partial charge in [-0.05, 0) is 43.5 Å². The second kappa shape index (κ2) is 8.84. The molecule has 178 valence electrons. The zero-order valence-corrected chi connectivity index (χ0v) is 18.6. The van der Waals surface area contributed by atoms with E-state index >= 15 is 0 Å². The Kier molecular flexibility index (Phi) is 6.07. The number of carbonyl (C=O) groups excluding carboxylic acids is 1. The van der Waals surface area contributed by atoms with Crippen LogP contribution in [0.25, 0.3) is 5.78 Å². The Bertz CT molecular complexity index is 1340. The summed E-state index contributed by atoms with van der Waals surface area (Å²) in [6.45, 7) is 3.26. The van der Waals surface area contributed by atoms with E-state index in [1.54, 1.807) is 50.0 Å². The molecular weight excluding hydrogens is 454 g/mol. The van der Waals surface area contributed by atoms with Crippen LogP contribution in [0, 0.1) is 19.7 Å². The standard InChI is InChI=1S/C22H21F4N7O/c1-12-16(13(2)33-21(28-12)30-20(31-33)22(24,25)26)8-9-17(34)29-18(19-27-10-11-32(19)3)14-4-6-15(23)7-5-14/h4-7,10-11,18H,8-9H2,1-3H3,(H,29,34). The molecule has 0 spiro atoms. The molecular formula is C22H21F4N7O. The molecule has 0 saturated carbocycles. The molecule has 4 aromatic rings. The molecule has 0 aliphatic carbocycles. The maximum absolute atomic E-state index is 13.4. The van der Waals surface area contributed by atoms with Crippen LogP contribution in [-0.2, 0) is 24.4 Å². The molecule has 0 radical (unpaired) electrons. The van der Waals surface area contributed by atoms with Gasteiger partial charge in [0.05, 0.1) is 0 Å². The average molecular weight is 475 g/mol. The lowest BCUT2D eigenvalue weighted by Crippen LogP contribution is -2.31. The van der Waals surface area contributed by atoms with Crippen LogP contribution in [0.5, 0.6) is 0 Å². The van der Waals surface area contributed by atoms with Gasteiger partial charge in [0.25, 0.3) is 11.6 Å². The Labute approximate surface area is 191 Å². The van der Waals surface area contributed by atoms with Gasteiger partial charge in [0.2, 0.25) is 5.91 Å². The molecule has 0 fully saturated rings. The third-order valence-corrected chi connectivity index (χ3v) is 5.53. The number of aromatic nitrogens is 6. The van der Waals surface area contributed by atoms with E-state index in [0.717, 1.165) is 4.52 Å². The second-order valence-corrected chi connectivity index (χ2v) is 7.85. The summed E-state index contributed by atoms with van der Waals surface area (Å²) >= 11 is 0. The molecule has 34 heavy (non-hydrogen) atoms. The Morgan fingerprint density at radius 3 is 2.47 bits per heavy atom. The minimum atomic E-state index is -4.69. The van der Waals surface area contributed by atoms with Crippen molar-refractivity contribution in [3.63, 3.8) is 0 Å². The third kappa shape index (κ3) is 4.61. The van der Waals surface area contributed by atoms with Crippen molar-refractivity contribution < 1.29 is 22.4 Å². The number of benzene rings is 1. The van der Waals surface area contributed by atoms with Crippen molar-refractivity contribution >= 4 is 11.7 Å². The second-order valence-electron chi connectivity index (χ2n) is 7.85. The van der Waals surface area contributed by atoms with E-state index in [-0.39, 0.29) is 24.5 Å². The zero-order chi connectivity index (χ0) is 24.6. The maximum atomic E-state index is 13.4. The van der Waals surface area contributed by atoms with Crippen molar-refractivity contribution in [2.75, 3.05) is 0 Å². The van der Waals surface area contributed by atoms with Crippen molar-refractivity contribution in [2.45, 2.75) is 38.9 Å². The summed E-state index contributed by atoms with van der Waals surface area (Å²) in [5, 5.41) is 6.44. The first-order valence-electron chi connectivity index (χ1n) is 10.4. The number of fused-ring (bicyclic) bond motifs is 1. The Morgan fingerprint density at radius 2 is 1.85 bits per heavy atom. The summed E-state index contributed by atoms with van der Waals surface area (Å²) in [6.07, 6.45) is -1.09. The fourth-order valence-electron chi connectivity index (χ4n) is 3.77. The fourth-order valence-corrected chi connectivity index (χ4v) is 3.77. The zero-order valence-electron chi connectivity index (χ0n) is 18.6. The highest BCUT2D eigenvalue weighted by Gasteiger charge is 2.37. The fraction of sp³-hybridized carbons (Fsp3) is 0.318. The lowest BCUT2D eigenvalue weighted by atomic mass is 10.0. The molecule has 1 amide bonds. The van der Waals surface area contributed by atoms with Gasteiger partial charge in [0.1, 0.15) is 17.7 Å². The van der Waals surface area contributed by atoms with E-state index in [0.29, 0.717) is 28.3 Å². The maximum Gasteiger partial charge on any atom is 0.453 e. The SMILES string of the molecule is Cc1nc2nc(C(F)(F)F)nn2c(C)c1CCC(=O)NC(c1ccc(F)cc1)c1nccn1C. The van der Waals surface area contributed by atoms with Gasteiger partial charge in [-0.15, -0.1) is 5.10 Å². The van der Waals surface area contributed by atoms with Crippen LogP contribution in [0.15, 0.2) is 36.7 Å². The van der Waals surface area contributed by atoms with Gasteiger partial charge in [0, 0.05) is 37.3 Å². The van der Waals surface area contributed by atoms with E-state index in [2.05, 4.69) is 25.4 Å². The quantitative estimate of drug-likeness (QED) is 0.432. The van der Waals surface area contributed by atoms with E-state index in [1.165, 1.54) is 12.1 Å². The van der Waals surface area contributed by atoms with Crippen LogP contribution >= 0.6 is 0 Å². The molecule has 1 N–H and O–H groups in total. The van der Waals surface area contributed by atoms with E-state index in [4.69, 9.17) is 0 Å². The van der Waals surface area contributed by atoms with Crippen molar-refractivity contribution in [3.05, 3.63) is 76.6 Å². The molecule has 0 saturated heterocycles. The number of hydrogen-bond donors (Lipinski definition) is 1. The molecule has 12 heteroatoms. The highest BCUT2D eigenvalue weighted by molar-refractivity contribution is 5.77. The largest absolute Gasteiger partial charge is 0.453 e. The molecule has 0 bridgehead atoms. The highest BCUT2D eigenvalue weighted by atomic mass is 19.4. The third-order valence-electron chi connectivity index (χ3n) is 5.53. The predicted molar refractivity (Wildman–Crippen MR) is 113 cm³/mol. The summed E-state index contributed by atoms with van der Waals surface area (Å²) in [7, 11) is 1.78. The van der Waals surface area contributed by atoms with Crippen molar-refractivity contribution in [1.82, 2.24) is 34.4 Å². The van der Waals surface area contributed by atoms with Gasteiger partial charge in [-0.3, -0.25) is 4.79 Å². The van der Waals surface area contributed by atoms with Gasteiger partial charge in [-0.2, -0.15) is 18.2 Å². The number of halogens is 4. The topological polar surface area (TPSA) is 90.0 Å². The number of hydrogen-bond acceptors (Lipinski definition) is 5. The summed E-state index contributed by atoms with van der Waals surface area (Å²) < 4.78 is 55.2. The number of aryl methyl sites for hydroxylation is 3. The molecule has 1 atom stereocenters. The number of nitrogens with zero attached hydrogens (tertiary/aromatic N) is 6. The normalized spacial score (nSPS) is 12.8. The highest BCUT2D eigenvalue weighted by Crippen LogP contribution is 2.27. The van der Waals surface area contributed by atoms with Crippen molar-refractivity contribution in [1.29, 1.82) is 0 Å². The van der Waals surface area contributed by atoms with Crippen LogP contribution in [0.2, 0.25) is 0 Å². The molecule has 3 aromatic heterocycles. The first-order chi connectivity index (χ1) is 16.0. The summed E-state index contributed by atoms with van der Waals surface area (Å²) in [5.74, 6) is -1.57. The monoisotopic (exact) mass is 475 g/mol. The first kappa shape index (κ1) is 23.3. The number of imidazole rings is 1. The molecule has 0 aliphatic heterocycles.